The highest BCUT2D eigenvalue weighted by atomic mass is 17.2. The van der Waals surface area contributed by atoms with E-state index >= 15 is 0 Å². The van der Waals surface area contributed by atoms with E-state index in [-0.39, 0.29) is 48.0 Å². The van der Waals surface area contributed by atoms with Crippen LogP contribution >= 0.6 is 0 Å². The predicted octanol–water partition coefficient (Wildman–Crippen LogP) is 9.12. The van der Waals surface area contributed by atoms with Crippen molar-refractivity contribution in [3.05, 3.63) is 168 Å². The van der Waals surface area contributed by atoms with Gasteiger partial charge in [0, 0.05) is 11.0 Å². The molecule has 14 heteroatoms. The molecule has 0 saturated carbocycles. The summed E-state index contributed by atoms with van der Waals surface area (Å²) in [6.07, 6.45) is 7.10. The van der Waals surface area contributed by atoms with Gasteiger partial charge < -0.3 is 48.6 Å². The molecule has 6 aromatic rings. The third-order valence-electron chi connectivity index (χ3n) is 8.53. The second-order valence-electron chi connectivity index (χ2n) is 14.1. The van der Waals surface area contributed by atoms with Crippen LogP contribution < -0.4 is 33.3 Å². The Balaban J connectivity index is 0.000000971. The topological polar surface area (TPSA) is 186 Å². The third-order valence-corrected chi connectivity index (χ3v) is 8.53. The maximum Gasteiger partial charge on any atom is 0.344 e. The first-order valence-electron chi connectivity index (χ1n) is 19.3. The van der Waals surface area contributed by atoms with E-state index in [0.717, 1.165) is 5.75 Å². The molecule has 0 fully saturated rings. The van der Waals surface area contributed by atoms with Crippen LogP contribution in [-0.2, 0) is 11.5 Å². The number of aromatic hydroxyl groups is 1. The van der Waals surface area contributed by atoms with Crippen molar-refractivity contribution in [2.75, 3.05) is 26.4 Å². The van der Waals surface area contributed by atoms with Gasteiger partial charge in [-0.15, -0.1) is 0 Å². The van der Waals surface area contributed by atoms with Crippen molar-refractivity contribution >= 4 is 17.9 Å². The van der Waals surface area contributed by atoms with Gasteiger partial charge in [0.2, 0.25) is 0 Å². The number of esters is 1. The molecule has 14 nitrogen and oxygen atoms in total. The molecule has 324 valence electrons. The largest absolute Gasteiger partial charge is 0.508 e. The summed E-state index contributed by atoms with van der Waals surface area (Å²) in [4.78, 5) is 47.0. The van der Waals surface area contributed by atoms with Gasteiger partial charge in [-0.2, -0.15) is 4.89 Å². The van der Waals surface area contributed by atoms with Gasteiger partial charge in [-0.3, -0.25) is 0 Å². The average molecular weight is 857 g/mol. The molecule has 0 aromatic heterocycles. The number of carboxylic acid groups (broad SMARTS) is 2. The van der Waals surface area contributed by atoms with Gasteiger partial charge in [0.25, 0.3) is 0 Å². The molecule has 0 saturated heterocycles. The molecular weight excluding hydrogens is 813 g/mol. The standard InChI is InChI=1S/C43H38O13.C6H6O/c1-4-49-36-19-21-38(41(46)47)39(25-36)42(48)55-33-14-10-31(11-15-33)52-27-43(2,3)28-53-32-12-16-34(17-13-32)56-54-26-29-24-35(18-20-37(29)40(44)45)51-23-22-50-30-8-6-5-7-9-30;7-6-4-2-1-3-5-6/h1,5-21,24-25H,22-23,26-28H2,2-3H3,(H,44,45)(H,46,47);1-5,7H. The molecule has 3 N–H and O–H groups in total. The number of carbonyl (C=O) groups is 3. The van der Waals surface area contributed by atoms with Crippen LogP contribution in [0.4, 0.5) is 0 Å². The maximum absolute atomic E-state index is 12.8. The van der Waals surface area contributed by atoms with Crippen LogP contribution in [0.1, 0.15) is 50.5 Å². The number of aromatic carboxylic acids is 2. The van der Waals surface area contributed by atoms with E-state index < -0.39 is 23.3 Å². The van der Waals surface area contributed by atoms with E-state index in [1.807, 2.05) is 56.4 Å². The fourth-order valence-corrected chi connectivity index (χ4v) is 5.38. The lowest BCUT2D eigenvalue weighted by Crippen LogP contribution is -2.28. The van der Waals surface area contributed by atoms with Crippen molar-refractivity contribution in [3.63, 3.8) is 0 Å². The van der Waals surface area contributed by atoms with Gasteiger partial charge in [0.05, 0.1) is 29.9 Å². The van der Waals surface area contributed by atoms with E-state index in [1.54, 1.807) is 72.8 Å². The number of benzene rings is 6. The molecule has 0 bridgehead atoms. The molecule has 0 atom stereocenters. The second-order valence-corrected chi connectivity index (χ2v) is 14.1. The van der Waals surface area contributed by atoms with E-state index in [4.69, 9.17) is 49.7 Å². The Kier molecular flexibility index (Phi) is 16.8. The Labute approximate surface area is 363 Å². The van der Waals surface area contributed by atoms with Crippen molar-refractivity contribution < 1.29 is 67.9 Å². The SMILES string of the molecule is C#COc1ccc(C(=O)O)c(C(=O)Oc2ccc(OCC(C)(C)COc3ccc(OOCc4cc(OCCOc5ccccc5)ccc4C(=O)O)cc3)cc2)c1.Oc1ccccc1. The average Bonchev–Trinajstić information content (AvgIpc) is 3.28. The summed E-state index contributed by atoms with van der Waals surface area (Å²) in [7, 11) is 0. The van der Waals surface area contributed by atoms with Crippen LogP contribution in [0, 0.1) is 17.9 Å². The minimum absolute atomic E-state index is 0.0582. The van der Waals surface area contributed by atoms with Crippen molar-refractivity contribution in [1.82, 2.24) is 0 Å². The monoisotopic (exact) mass is 856 g/mol. The van der Waals surface area contributed by atoms with Crippen molar-refractivity contribution in [2.45, 2.75) is 20.5 Å². The number of carboxylic acids is 2. The minimum Gasteiger partial charge on any atom is -0.508 e. The van der Waals surface area contributed by atoms with Crippen LogP contribution in [0.25, 0.3) is 0 Å². The van der Waals surface area contributed by atoms with Gasteiger partial charge in [0.1, 0.15) is 66.2 Å². The molecule has 0 amide bonds. The van der Waals surface area contributed by atoms with Crippen LogP contribution in [0.15, 0.2) is 146 Å². The van der Waals surface area contributed by atoms with Gasteiger partial charge in [0.15, 0.2) is 5.75 Å². The number of rotatable bonds is 20. The van der Waals surface area contributed by atoms with Gasteiger partial charge in [-0.1, -0.05) is 56.7 Å². The highest BCUT2D eigenvalue weighted by molar-refractivity contribution is 6.03. The first-order chi connectivity index (χ1) is 30.4. The zero-order chi connectivity index (χ0) is 45.0. The predicted molar refractivity (Wildman–Crippen MR) is 230 cm³/mol. The Morgan fingerprint density at radius 2 is 1.05 bits per heavy atom. The molecule has 6 rings (SSSR count). The van der Waals surface area contributed by atoms with E-state index in [2.05, 4.69) is 0 Å². The summed E-state index contributed by atoms with van der Waals surface area (Å²) in [5, 5.41) is 27.7. The van der Waals surface area contributed by atoms with Gasteiger partial charge in [-0.05, 0) is 109 Å². The molecule has 6 aromatic carbocycles. The summed E-state index contributed by atoms with van der Waals surface area (Å²) in [6.45, 7) is 4.96. The van der Waals surface area contributed by atoms with E-state index in [1.165, 1.54) is 36.4 Å². The van der Waals surface area contributed by atoms with Gasteiger partial charge >= 0.3 is 17.9 Å². The molecule has 0 heterocycles. The lowest BCUT2D eigenvalue weighted by molar-refractivity contribution is -0.217. The van der Waals surface area contributed by atoms with E-state index in [9.17, 15) is 24.6 Å². The first-order valence-corrected chi connectivity index (χ1v) is 19.3. The van der Waals surface area contributed by atoms with Crippen LogP contribution in [0.3, 0.4) is 0 Å². The fourth-order valence-electron chi connectivity index (χ4n) is 5.38. The summed E-state index contributed by atoms with van der Waals surface area (Å²) < 4.78 is 33.6. The first kappa shape index (κ1) is 45.9. The normalized spacial score (nSPS) is 10.5. The highest BCUT2D eigenvalue weighted by Crippen LogP contribution is 2.27. The molecule has 63 heavy (non-hydrogen) atoms. The summed E-state index contributed by atoms with van der Waals surface area (Å²) in [5.74, 6) is -0.0364. The molecule has 0 aliphatic heterocycles. The second kappa shape index (κ2) is 23.0. The Morgan fingerprint density at radius 3 is 1.60 bits per heavy atom. The molecular formula is C49H44O14. The number of hydrogen-bond acceptors (Lipinski definition) is 12. The Bertz CT molecular complexity index is 2440. The minimum atomic E-state index is -1.31. The Morgan fingerprint density at radius 1 is 0.556 bits per heavy atom. The lowest BCUT2D eigenvalue weighted by Gasteiger charge is -2.25. The number of ether oxygens (including phenoxy) is 6. The maximum atomic E-state index is 12.8. The number of phenols is 1. The molecule has 0 spiro atoms. The number of phenolic OH excluding ortho intramolecular Hbond substituents is 1. The number of para-hydroxylation sites is 2. The zero-order valence-corrected chi connectivity index (χ0v) is 34.3. The summed E-state index contributed by atoms with van der Waals surface area (Å²) in [5.41, 5.74) is -0.473. The smallest absolute Gasteiger partial charge is 0.344 e. The van der Waals surface area contributed by atoms with E-state index in [0.29, 0.717) is 47.5 Å². The van der Waals surface area contributed by atoms with Crippen molar-refractivity contribution in [3.8, 4) is 58.5 Å². The number of terminal acetylenes is 1. The molecule has 0 aliphatic rings. The summed E-state index contributed by atoms with van der Waals surface area (Å²) in [6, 6.07) is 39.4. The number of carbonyl (C=O) groups excluding carboxylic acids is 1. The van der Waals surface area contributed by atoms with Crippen molar-refractivity contribution in [1.29, 1.82) is 0 Å². The fraction of sp³-hybridized carbons (Fsp3) is 0.163. The highest BCUT2D eigenvalue weighted by Gasteiger charge is 2.22. The lowest BCUT2D eigenvalue weighted by atomic mass is 9.96. The molecule has 0 aliphatic carbocycles. The van der Waals surface area contributed by atoms with Crippen LogP contribution in [-0.4, -0.2) is 59.7 Å². The van der Waals surface area contributed by atoms with Gasteiger partial charge in [-0.25, -0.2) is 14.4 Å². The summed E-state index contributed by atoms with van der Waals surface area (Å²) >= 11 is 0. The zero-order valence-electron chi connectivity index (χ0n) is 34.3. The van der Waals surface area contributed by atoms with Crippen LogP contribution in [0.2, 0.25) is 0 Å². The number of hydrogen-bond donors (Lipinski definition) is 3. The van der Waals surface area contributed by atoms with Crippen molar-refractivity contribution in [2.24, 2.45) is 5.41 Å². The van der Waals surface area contributed by atoms with Crippen LogP contribution in [0.5, 0.6) is 46.0 Å². The molecule has 0 radical (unpaired) electrons. The molecule has 0 unspecified atom stereocenters. The third kappa shape index (κ3) is 15.1. The quantitative estimate of drug-likeness (QED) is 0.0165. The Hall–Kier alpha value is -8.15.